The minimum absolute atomic E-state index is 0.00961. The summed E-state index contributed by atoms with van der Waals surface area (Å²) in [7, 11) is -3.30. The summed E-state index contributed by atoms with van der Waals surface area (Å²) >= 11 is 0. The second-order valence-electron chi connectivity index (χ2n) is 6.25. The van der Waals surface area contributed by atoms with Crippen LogP contribution >= 0.6 is 0 Å². The summed E-state index contributed by atoms with van der Waals surface area (Å²) in [6.07, 6.45) is 1.11. The number of anilines is 2. The van der Waals surface area contributed by atoms with Gasteiger partial charge in [-0.15, -0.1) is 0 Å². The SMILES string of the molecule is CS(=O)(=O)c1ccc(CNC(=O)c2cc(N)c(C#N)c(NCCNC(N)=O)n2)cc1. The van der Waals surface area contributed by atoms with Crippen LogP contribution in [0.2, 0.25) is 0 Å². The maximum atomic E-state index is 12.5. The minimum atomic E-state index is -3.30. The topological polar surface area (TPSA) is 193 Å². The Morgan fingerprint density at radius 1 is 1.17 bits per heavy atom. The van der Waals surface area contributed by atoms with E-state index < -0.39 is 21.8 Å². The number of amides is 3. The summed E-state index contributed by atoms with van der Waals surface area (Å²) < 4.78 is 23.0. The molecule has 3 amide bonds. The minimum Gasteiger partial charge on any atom is -0.397 e. The van der Waals surface area contributed by atoms with Crippen molar-refractivity contribution < 1.29 is 18.0 Å². The van der Waals surface area contributed by atoms with E-state index in [9.17, 15) is 23.3 Å². The van der Waals surface area contributed by atoms with E-state index in [1.807, 2.05) is 6.07 Å². The lowest BCUT2D eigenvalue weighted by atomic mass is 10.2. The van der Waals surface area contributed by atoms with E-state index in [0.29, 0.717) is 5.56 Å². The number of carbonyl (C=O) groups is 2. The lowest BCUT2D eigenvalue weighted by Crippen LogP contribution is -2.33. The van der Waals surface area contributed by atoms with Gasteiger partial charge in [0.15, 0.2) is 9.84 Å². The molecule has 0 aliphatic heterocycles. The summed E-state index contributed by atoms with van der Waals surface area (Å²) in [5.74, 6) is -0.428. The average molecular weight is 431 g/mol. The average Bonchev–Trinajstić information content (AvgIpc) is 2.68. The summed E-state index contributed by atoms with van der Waals surface area (Å²) in [5.41, 5.74) is 11.7. The first kappa shape index (κ1) is 22.4. The molecule has 0 aliphatic carbocycles. The molecular weight excluding hydrogens is 410 g/mol. The molecule has 0 fully saturated rings. The molecule has 0 aliphatic rings. The van der Waals surface area contributed by atoms with Crippen LogP contribution in [0.25, 0.3) is 0 Å². The van der Waals surface area contributed by atoms with Crippen LogP contribution in [-0.2, 0) is 16.4 Å². The number of pyridine rings is 1. The van der Waals surface area contributed by atoms with Crippen molar-refractivity contribution in [3.8, 4) is 6.07 Å². The van der Waals surface area contributed by atoms with Gasteiger partial charge < -0.3 is 27.4 Å². The largest absolute Gasteiger partial charge is 0.397 e. The molecule has 1 aromatic heterocycles. The lowest BCUT2D eigenvalue weighted by molar-refractivity contribution is 0.0946. The molecule has 0 atom stereocenters. The van der Waals surface area contributed by atoms with Crippen molar-refractivity contribution in [3.63, 3.8) is 0 Å². The Hall–Kier alpha value is -3.85. The van der Waals surface area contributed by atoms with Crippen molar-refractivity contribution in [2.45, 2.75) is 11.4 Å². The van der Waals surface area contributed by atoms with Crippen molar-refractivity contribution in [2.24, 2.45) is 5.73 Å². The van der Waals surface area contributed by atoms with Crippen molar-refractivity contribution in [1.29, 1.82) is 5.26 Å². The molecule has 2 aromatic rings. The third-order valence-corrected chi connectivity index (χ3v) is 5.04. The number of urea groups is 1. The highest BCUT2D eigenvalue weighted by molar-refractivity contribution is 7.90. The zero-order chi connectivity index (χ0) is 22.3. The molecule has 0 saturated heterocycles. The Kier molecular flexibility index (Phi) is 7.16. The highest BCUT2D eigenvalue weighted by atomic mass is 32.2. The highest BCUT2D eigenvalue weighted by Crippen LogP contribution is 2.20. The predicted molar refractivity (Wildman–Crippen MR) is 110 cm³/mol. The Bertz CT molecular complexity index is 1090. The van der Waals surface area contributed by atoms with Crippen molar-refractivity contribution in [3.05, 3.63) is 47.2 Å². The number of primary amides is 1. The van der Waals surface area contributed by atoms with Crippen LogP contribution in [0.15, 0.2) is 35.2 Å². The fraction of sp³-hybridized carbons (Fsp3) is 0.222. The number of aromatic nitrogens is 1. The third kappa shape index (κ3) is 6.08. The molecule has 30 heavy (non-hydrogen) atoms. The summed E-state index contributed by atoms with van der Waals surface area (Å²) in [5, 5.41) is 17.1. The van der Waals surface area contributed by atoms with E-state index in [-0.39, 0.29) is 47.3 Å². The van der Waals surface area contributed by atoms with Gasteiger partial charge in [0.2, 0.25) is 0 Å². The molecule has 2 rings (SSSR count). The quantitative estimate of drug-likeness (QED) is 0.359. The predicted octanol–water partition coefficient (Wildman–Crippen LogP) is -0.0508. The summed E-state index contributed by atoms with van der Waals surface area (Å²) in [4.78, 5) is 27.5. The number of nitriles is 1. The number of nitrogen functional groups attached to an aromatic ring is 1. The van der Waals surface area contributed by atoms with Gasteiger partial charge in [-0.05, 0) is 23.8 Å². The molecule has 158 valence electrons. The zero-order valence-electron chi connectivity index (χ0n) is 16.1. The van der Waals surface area contributed by atoms with Gasteiger partial charge in [-0.25, -0.2) is 18.2 Å². The van der Waals surface area contributed by atoms with E-state index in [2.05, 4.69) is 20.9 Å². The van der Waals surface area contributed by atoms with Crippen molar-refractivity contribution in [2.75, 3.05) is 30.4 Å². The van der Waals surface area contributed by atoms with Gasteiger partial charge in [-0.2, -0.15) is 5.26 Å². The standard InChI is InChI=1S/C18H21N7O4S/c1-30(28,29)12-4-2-11(3-5-12)10-24-17(26)15-8-14(20)13(9-19)16(25-15)22-6-7-23-18(21)27/h2-5,8H,6-7,10H2,1H3,(H,24,26)(H3,20,22,25)(H3,21,23,27). The van der Waals surface area contributed by atoms with Gasteiger partial charge in [0.05, 0.1) is 10.6 Å². The van der Waals surface area contributed by atoms with Gasteiger partial charge in [0.25, 0.3) is 5.91 Å². The van der Waals surface area contributed by atoms with Crippen molar-refractivity contribution >= 4 is 33.3 Å². The van der Waals surface area contributed by atoms with Gasteiger partial charge >= 0.3 is 6.03 Å². The number of nitrogens with zero attached hydrogens (tertiary/aromatic N) is 2. The number of hydrogen-bond acceptors (Lipinski definition) is 8. The number of nitrogens with one attached hydrogen (secondary N) is 3. The van der Waals surface area contributed by atoms with Crippen molar-refractivity contribution in [1.82, 2.24) is 15.6 Å². The maximum Gasteiger partial charge on any atom is 0.312 e. The van der Waals surface area contributed by atoms with E-state index in [4.69, 9.17) is 11.5 Å². The molecule has 0 radical (unpaired) electrons. The fourth-order valence-electron chi connectivity index (χ4n) is 2.42. The second kappa shape index (κ2) is 9.57. The molecule has 12 heteroatoms. The first-order chi connectivity index (χ1) is 14.1. The maximum absolute atomic E-state index is 12.5. The summed E-state index contributed by atoms with van der Waals surface area (Å²) in [6, 6.07) is 8.60. The fourth-order valence-corrected chi connectivity index (χ4v) is 3.05. The van der Waals surface area contributed by atoms with Crippen LogP contribution in [0.3, 0.4) is 0 Å². The first-order valence-electron chi connectivity index (χ1n) is 8.67. The summed E-state index contributed by atoms with van der Waals surface area (Å²) in [6.45, 7) is 0.527. The molecule has 0 unspecified atom stereocenters. The number of hydrogen-bond donors (Lipinski definition) is 5. The van der Waals surface area contributed by atoms with Crippen LogP contribution in [0, 0.1) is 11.3 Å². The Labute approximate surface area is 173 Å². The normalized spacial score (nSPS) is 10.7. The second-order valence-corrected chi connectivity index (χ2v) is 8.26. The number of carbonyl (C=O) groups excluding carboxylic acids is 2. The lowest BCUT2D eigenvalue weighted by Gasteiger charge is -2.12. The molecule has 1 aromatic carbocycles. The van der Waals surface area contributed by atoms with Crippen LogP contribution in [0.5, 0.6) is 0 Å². The number of nitrogens with two attached hydrogens (primary N) is 2. The Morgan fingerprint density at radius 2 is 1.83 bits per heavy atom. The number of benzene rings is 1. The molecule has 1 heterocycles. The van der Waals surface area contributed by atoms with Crippen LogP contribution in [0.4, 0.5) is 16.3 Å². The monoisotopic (exact) mass is 431 g/mol. The Morgan fingerprint density at radius 3 is 2.40 bits per heavy atom. The highest BCUT2D eigenvalue weighted by Gasteiger charge is 2.15. The zero-order valence-corrected chi connectivity index (χ0v) is 16.9. The van der Waals surface area contributed by atoms with E-state index >= 15 is 0 Å². The molecule has 0 saturated carbocycles. The van der Waals surface area contributed by atoms with Gasteiger partial charge in [-0.1, -0.05) is 12.1 Å². The number of sulfone groups is 1. The smallest absolute Gasteiger partial charge is 0.312 e. The van der Waals surface area contributed by atoms with Gasteiger partial charge in [0.1, 0.15) is 23.1 Å². The van der Waals surface area contributed by atoms with Gasteiger partial charge in [0, 0.05) is 25.9 Å². The van der Waals surface area contributed by atoms with Gasteiger partial charge in [-0.3, -0.25) is 4.79 Å². The first-order valence-corrected chi connectivity index (χ1v) is 10.6. The van der Waals surface area contributed by atoms with Crippen LogP contribution in [0.1, 0.15) is 21.6 Å². The van der Waals surface area contributed by atoms with E-state index in [1.54, 1.807) is 12.1 Å². The molecule has 7 N–H and O–H groups in total. The third-order valence-electron chi connectivity index (χ3n) is 3.92. The van der Waals surface area contributed by atoms with E-state index in [0.717, 1.165) is 6.26 Å². The van der Waals surface area contributed by atoms with E-state index in [1.165, 1.54) is 18.2 Å². The molecule has 11 nitrogen and oxygen atoms in total. The Balaban J connectivity index is 2.09. The van der Waals surface area contributed by atoms with Crippen LogP contribution in [-0.4, -0.2) is 44.7 Å². The molecule has 0 bridgehead atoms. The molecular formula is C18H21N7O4S. The molecule has 0 spiro atoms. The van der Waals surface area contributed by atoms with Crippen LogP contribution < -0.4 is 27.4 Å². The number of rotatable bonds is 8.